The van der Waals surface area contributed by atoms with Crippen LogP contribution in [0.2, 0.25) is 0 Å². The number of guanidine groups is 1. The quantitative estimate of drug-likeness (QED) is 0.538. The lowest BCUT2D eigenvalue weighted by Crippen LogP contribution is -2.42. The van der Waals surface area contributed by atoms with Crippen molar-refractivity contribution in [3.63, 3.8) is 0 Å². The van der Waals surface area contributed by atoms with Gasteiger partial charge >= 0.3 is 0 Å². The number of hydrogen-bond donors (Lipinski definition) is 2. The maximum absolute atomic E-state index is 6.07. The van der Waals surface area contributed by atoms with Crippen molar-refractivity contribution in [2.24, 2.45) is 16.6 Å². The van der Waals surface area contributed by atoms with E-state index in [0.29, 0.717) is 12.0 Å². The van der Waals surface area contributed by atoms with Gasteiger partial charge in [0.1, 0.15) is 0 Å². The zero-order valence-corrected chi connectivity index (χ0v) is 15.4. The molecular weight excluding hydrogens is 304 g/mol. The molecule has 130 valence electrons. The maximum atomic E-state index is 6.07. The van der Waals surface area contributed by atoms with Gasteiger partial charge in [0.2, 0.25) is 0 Å². The van der Waals surface area contributed by atoms with Gasteiger partial charge in [-0.15, -0.1) is 11.3 Å². The molecule has 1 aliphatic heterocycles. The molecule has 0 radical (unpaired) electrons. The number of nitrogens with zero attached hydrogens (tertiary/aromatic N) is 2. The Morgan fingerprint density at radius 3 is 2.70 bits per heavy atom. The summed E-state index contributed by atoms with van der Waals surface area (Å²) in [5.74, 6) is 1.31. The molecule has 2 heterocycles. The summed E-state index contributed by atoms with van der Waals surface area (Å²) in [6.45, 7) is 8.72. The summed E-state index contributed by atoms with van der Waals surface area (Å²) >= 11 is 1.79. The van der Waals surface area contributed by atoms with Gasteiger partial charge in [-0.05, 0) is 49.7 Å². The van der Waals surface area contributed by atoms with E-state index in [9.17, 15) is 0 Å². The number of thiophene rings is 1. The van der Waals surface area contributed by atoms with Gasteiger partial charge in [-0.25, -0.2) is 0 Å². The molecule has 0 spiro atoms. The number of rotatable bonds is 9. The van der Waals surface area contributed by atoms with Gasteiger partial charge < -0.3 is 11.1 Å². The predicted molar refractivity (Wildman–Crippen MR) is 101 cm³/mol. The van der Waals surface area contributed by atoms with E-state index in [2.05, 4.69) is 46.6 Å². The van der Waals surface area contributed by atoms with Crippen molar-refractivity contribution in [1.29, 1.82) is 0 Å². The molecule has 4 nitrogen and oxygen atoms in total. The highest BCUT2D eigenvalue weighted by atomic mass is 32.1. The highest BCUT2D eigenvalue weighted by molar-refractivity contribution is 7.09. The Morgan fingerprint density at radius 2 is 2.09 bits per heavy atom. The van der Waals surface area contributed by atoms with Crippen LogP contribution in [0, 0.1) is 5.92 Å². The highest BCUT2D eigenvalue weighted by Crippen LogP contribution is 2.23. The van der Waals surface area contributed by atoms with Crippen LogP contribution in [-0.4, -0.2) is 43.1 Å². The summed E-state index contributed by atoms with van der Waals surface area (Å²) in [6, 6.07) is 4.80. The third-order valence-corrected chi connectivity index (χ3v) is 5.85. The third kappa shape index (κ3) is 5.81. The van der Waals surface area contributed by atoms with Gasteiger partial charge in [-0.1, -0.05) is 32.8 Å². The zero-order valence-electron chi connectivity index (χ0n) is 14.6. The van der Waals surface area contributed by atoms with Crippen molar-refractivity contribution < 1.29 is 0 Å². The van der Waals surface area contributed by atoms with E-state index in [0.717, 1.165) is 25.4 Å². The average molecular weight is 337 g/mol. The van der Waals surface area contributed by atoms with E-state index in [4.69, 9.17) is 5.73 Å². The van der Waals surface area contributed by atoms with Gasteiger partial charge in [0.15, 0.2) is 5.96 Å². The van der Waals surface area contributed by atoms with Gasteiger partial charge in [-0.3, -0.25) is 9.89 Å². The highest BCUT2D eigenvalue weighted by Gasteiger charge is 2.27. The first-order chi connectivity index (χ1) is 11.2. The molecule has 1 saturated heterocycles. The van der Waals surface area contributed by atoms with Crippen molar-refractivity contribution >= 4 is 17.3 Å². The minimum absolute atomic E-state index is 0.546. The summed E-state index contributed by atoms with van der Waals surface area (Å²) in [4.78, 5) is 8.66. The van der Waals surface area contributed by atoms with Crippen LogP contribution >= 0.6 is 11.3 Å². The van der Waals surface area contributed by atoms with E-state index in [1.54, 1.807) is 11.3 Å². The standard InChI is InChI=1S/C18H32N4S/c1-3-15(4-2)17(22-11-5-6-12-22)14-21-18(19)20-10-9-16-8-7-13-23-16/h7-8,13,15,17H,3-6,9-12,14H2,1-2H3,(H3,19,20,21). The molecule has 0 aromatic carbocycles. The maximum Gasteiger partial charge on any atom is 0.188 e. The first-order valence-electron chi connectivity index (χ1n) is 9.04. The number of aliphatic imine (C=N–C) groups is 1. The first-order valence-corrected chi connectivity index (χ1v) is 9.92. The minimum Gasteiger partial charge on any atom is -0.370 e. The summed E-state index contributed by atoms with van der Waals surface area (Å²) in [5.41, 5.74) is 6.07. The number of nitrogens with one attached hydrogen (secondary N) is 1. The Morgan fingerprint density at radius 1 is 1.35 bits per heavy atom. The van der Waals surface area contributed by atoms with Crippen LogP contribution in [0.3, 0.4) is 0 Å². The molecule has 0 bridgehead atoms. The summed E-state index contributed by atoms with van der Waals surface area (Å²) in [7, 11) is 0. The Balaban J connectivity index is 1.82. The topological polar surface area (TPSA) is 53.6 Å². The summed E-state index contributed by atoms with van der Waals surface area (Å²) in [6.07, 6.45) is 6.11. The van der Waals surface area contributed by atoms with Crippen LogP contribution in [-0.2, 0) is 6.42 Å². The van der Waals surface area contributed by atoms with Crippen molar-refractivity contribution in [1.82, 2.24) is 10.2 Å². The predicted octanol–water partition coefficient (Wildman–Crippen LogP) is 3.10. The van der Waals surface area contributed by atoms with Gasteiger partial charge in [0.05, 0.1) is 6.54 Å². The molecule has 1 atom stereocenters. The first kappa shape index (κ1) is 18.3. The Labute approximate surface area is 145 Å². The van der Waals surface area contributed by atoms with Crippen LogP contribution < -0.4 is 11.1 Å². The van der Waals surface area contributed by atoms with Gasteiger partial charge in [-0.2, -0.15) is 0 Å². The number of nitrogens with two attached hydrogens (primary N) is 1. The van der Waals surface area contributed by atoms with Gasteiger partial charge in [0, 0.05) is 17.5 Å². The molecule has 0 saturated carbocycles. The molecule has 3 N–H and O–H groups in total. The molecule has 1 fully saturated rings. The van der Waals surface area contributed by atoms with E-state index in [1.807, 2.05) is 0 Å². The molecule has 1 aromatic rings. The summed E-state index contributed by atoms with van der Waals surface area (Å²) in [5, 5.41) is 5.37. The molecular formula is C18H32N4S. The fourth-order valence-corrected chi connectivity index (χ4v) is 4.19. The van der Waals surface area contributed by atoms with Crippen LogP contribution in [0.15, 0.2) is 22.5 Å². The minimum atomic E-state index is 0.546. The number of hydrogen-bond acceptors (Lipinski definition) is 3. The molecule has 23 heavy (non-hydrogen) atoms. The Hall–Kier alpha value is -1.07. The molecule has 0 amide bonds. The van der Waals surface area contributed by atoms with Crippen molar-refractivity contribution in [2.45, 2.75) is 52.0 Å². The lowest BCUT2D eigenvalue weighted by atomic mass is 9.93. The lowest BCUT2D eigenvalue weighted by Gasteiger charge is -2.32. The molecule has 5 heteroatoms. The molecule has 0 aliphatic carbocycles. The normalized spacial score (nSPS) is 17.8. The van der Waals surface area contributed by atoms with Crippen LogP contribution in [0.5, 0.6) is 0 Å². The number of likely N-dealkylation sites (tertiary alicyclic amines) is 1. The van der Waals surface area contributed by atoms with E-state index >= 15 is 0 Å². The second-order valence-corrected chi connectivity index (χ2v) is 7.40. The fraction of sp³-hybridized carbons (Fsp3) is 0.722. The molecule has 1 aliphatic rings. The van der Waals surface area contributed by atoms with Crippen molar-refractivity contribution in [2.75, 3.05) is 26.2 Å². The van der Waals surface area contributed by atoms with Crippen molar-refractivity contribution in [3.8, 4) is 0 Å². The smallest absolute Gasteiger partial charge is 0.188 e. The zero-order chi connectivity index (χ0) is 16.5. The van der Waals surface area contributed by atoms with Crippen LogP contribution in [0.1, 0.15) is 44.4 Å². The monoisotopic (exact) mass is 336 g/mol. The second kappa shape index (κ2) is 9.93. The van der Waals surface area contributed by atoms with E-state index < -0.39 is 0 Å². The third-order valence-electron chi connectivity index (χ3n) is 4.91. The Kier molecular flexibility index (Phi) is 7.89. The van der Waals surface area contributed by atoms with Crippen LogP contribution in [0.25, 0.3) is 0 Å². The van der Waals surface area contributed by atoms with Gasteiger partial charge in [0.25, 0.3) is 0 Å². The second-order valence-electron chi connectivity index (χ2n) is 6.37. The molecule has 1 aromatic heterocycles. The Bertz CT molecular complexity index is 446. The van der Waals surface area contributed by atoms with E-state index in [1.165, 1.54) is 43.6 Å². The summed E-state index contributed by atoms with van der Waals surface area (Å²) < 4.78 is 0. The molecule has 1 unspecified atom stereocenters. The van der Waals surface area contributed by atoms with Crippen molar-refractivity contribution in [3.05, 3.63) is 22.4 Å². The SMILES string of the molecule is CCC(CC)C(CN=C(N)NCCc1cccs1)N1CCCC1. The average Bonchev–Trinajstić information content (AvgIpc) is 3.24. The van der Waals surface area contributed by atoms with E-state index in [-0.39, 0.29) is 0 Å². The fourth-order valence-electron chi connectivity index (χ4n) is 3.49. The van der Waals surface area contributed by atoms with Crippen LogP contribution in [0.4, 0.5) is 0 Å². The lowest BCUT2D eigenvalue weighted by molar-refractivity contribution is 0.172. The molecule has 2 rings (SSSR count). The largest absolute Gasteiger partial charge is 0.370 e.